The molecule has 0 spiro atoms. The van der Waals surface area contributed by atoms with E-state index in [9.17, 15) is 9.59 Å². The standard InChI is InChI=1S/C21H24ClN9O2S/c1-10(26-19(33)15-11-8-31(5)30-17(11)25-9-24-15)20-23-7-13(34-20)18(32)27-14-6-12(21(2,3)4)16(22)29-28-14/h6-7,9-10H,8H2,1-5H3,(H,26,33)(H,24,25,30)(H,27,28,32). The number of thiazole rings is 1. The van der Waals surface area contributed by atoms with Crippen molar-refractivity contribution in [2.75, 3.05) is 17.8 Å². The second-order valence-electron chi connectivity index (χ2n) is 8.91. The zero-order chi connectivity index (χ0) is 24.6. The number of hydrogen-bond donors (Lipinski definition) is 3. The largest absolute Gasteiger partial charge is 0.342 e. The number of nitrogens with zero attached hydrogens (tertiary/aromatic N) is 6. The molecule has 3 N–H and O–H groups in total. The number of carbonyl (C=O) groups is 2. The quantitative estimate of drug-likeness (QED) is 0.481. The number of rotatable bonds is 5. The summed E-state index contributed by atoms with van der Waals surface area (Å²) < 4.78 is 0. The van der Waals surface area contributed by atoms with Crippen molar-refractivity contribution >= 4 is 46.4 Å². The first-order valence-electron chi connectivity index (χ1n) is 10.5. The fourth-order valence-electron chi connectivity index (χ4n) is 3.37. The predicted octanol–water partition coefficient (Wildman–Crippen LogP) is 3.19. The molecule has 13 heteroatoms. The Balaban J connectivity index is 1.44. The van der Waals surface area contributed by atoms with Gasteiger partial charge in [0, 0.05) is 24.7 Å². The van der Waals surface area contributed by atoms with Crippen LogP contribution >= 0.6 is 22.9 Å². The van der Waals surface area contributed by atoms with Crippen molar-refractivity contribution in [3.63, 3.8) is 0 Å². The van der Waals surface area contributed by atoms with E-state index in [-0.39, 0.29) is 17.2 Å². The molecule has 3 aromatic heterocycles. The summed E-state index contributed by atoms with van der Waals surface area (Å²) in [6, 6.07) is 1.28. The van der Waals surface area contributed by atoms with Gasteiger partial charge in [-0.2, -0.15) is 0 Å². The highest BCUT2D eigenvalue weighted by atomic mass is 35.5. The first-order chi connectivity index (χ1) is 16.0. The lowest BCUT2D eigenvalue weighted by Gasteiger charge is -2.20. The van der Waals surface area contributed by atoms with Gasteiger partial charge in [0.1, 0.15) is 27.7 Å². The van der Waals surface area contributed by atoms with Crippen molar-refractivity contribution in [3.8, 4) is 0 Å². The van der Waals surface area contributed by atoms with E-state index in [0.717, 1.165) is 11.1 Å². The minimum absolute atomic E-state index is 0.257. The van der Waals surface area contributed by atoms with Gasteiger partial charge in [-0.3, -0.25) is 9.59 Å². The number of carbonyl (C=O) groups excluding carboxylic acids is 2. The smallest absolute Gasteiger partial charge is 0.270 e. The van der Waals surface area contributed by atoms with Crippen LogP contribution in [0.3, 0.4) is 0 Å². The maximum absolute atomic E-state index is 12.8. The van der Waals surface area contributed by atoms with Crippen LogP contribution in [-0.2, 0) is 12.0 Å². The van der Waals surface area contributed by atoms with E-state index in [1.807, 2.05) is 32.8 Å². The second kappa shape index (κ2) is 9.20. The maximum Gasteiger partial charge on any atom is 0.270 e. The summed E-state index contributed by atoms with van der Waals surface area (Å²) in [6.45, 7) is 8.30. The van der Waals surface area contributed by atoms with E-state index in [2.05, 4.69) is 41.2 Å². The normalized spacial score (nSPS) is 14.3. The fraction of sp³-hybridized carbons (Fsp3) is 0.381. The summed E-state index contributed by atoms with van der Waals surface area (Å²) in [5.41, 5.74) is 4.61. The Morgan fingerprint density at radius 2 is 1.97 bits per heavy atom. The molecule has 0 radical (unpaired) electrons. The van der Waals surface area contributed by atoms with Crippen LogP contribution in [0.5, 0.6) is 0 Å². The monoisotopic (exact) mass is 501 g/mol. The zero-order valence-corrected chi connectivity index (χ0v) is 20.9. The van der Waals surface area contributed by atoms with Gasteiger partial charge >= 0.3 is 0 Å². The van der Waals surface area contributed by atoms with Gasteiger partial charge in [0.15, 0.2) is 11.0 Å². The van der Waals surface area contributed by atoms with Gasteiger partial charge in [-0.05, 0) is 18.4 Å². The Hall–Kier alpha value is -3.22. The van der Waals surface area contributed by atoms with Gasteiger partial charge in [-0.1, -0.05) is 32.4 Å². The molecule has 0 saturated carbocycles. The summed E-state index contributed by atoms with van der Waals surface area (Å²) in [7, 11) is 1.85. The number of hydrogen-bond acceptors (Lipinski definition) is 10. The first kappa shape index (κ1) is 23.9. The lowest BCUT2D eigenvalue weighted by atomic mass is 9.88. The second-order valence-corrected chi connectivity index (χ2v) is 10.3. The summed E-state index contributed by atoms with van der Waals surface area (Å²) >= 11 is 7.33. The summed E-state index contributed by atoms with van der Waals surface area (Å²) in [5.74, 6) is 0.201. The topological polar surface area (TPSA) is 138 Å². The van der Waals surface area contributed by atoms with Crippen LogP contribution in [-0.4, -0.2) is 49.0 Å². The highest BCUT2D eigenvalue weighted by molar-refractivity contribution is 7.13. The Morgan fingerprint density at radius 1 is 1.21 bits per heavy atom. The molecule has 0 bridgehead atoms. The molecule has 4 rings (SSSR count). The number of nitrogens with one attached hydrogen (secondary N) is 3. The summed E-state index contributed by atoms with van der Waals surface area (Å²) in [5, 5.41) is 16.2. The molecule has 1 atom stereocenters. The third-order valence-corrected chi connectivity index (χ3v) is 6.57. The average molecular weight is 502 g/mol. The number of fused-ring (bicyclic) bond motifs is 1. The third-order valence-electron chi connectivity index (χ3n) is 5.12. The first-order valence-corrected chi connectivity index (χ1v) is 11.7. The number of aromatic nitrogens is 5. The van der Waals surface area contributed by atoms with Gasteiger partial charge in [-0.15, -0.1) is 21.5 Å². The van der Waals surface area contributed by atoms with E-state index in [1.165, 1.54) is 23.9 Å². The Morgan fingerprint density at radius 3 is 2.71 bits per heavy atom. The average Bonchev–Trinajstić information content (AvgIpc) is 3.40. The van der Waals surface area contributed by atoms with Gasteiger partial charge in [0.25, 0.3) is 11.8 Å². The molecule has 0 aliphatic carbocycles. The van der Waals surface area contributed by atoms with Crippen molar-refractivity contribution in [1.29, 1.82) is 0 Å². The zero-order valence-electron chi connectivity index (χ0n) is 19.3. The Bertz CT molecular complexity index is 1260. The van der Waals surface area contributed by atoms with Crippen LogP contribution in [0.15, 0.2) is 18.6 Å². The van der Waals surface area contributed by atoms with Crippen molar-refractivity contribution < 1.29 is 9.59 Å². The third kappa shape index (κ3) is 4.98. The van der Waals surface area contributed by atoms with Crippen LogP contribution < -0.4 is 16.1 Å². The maximum atomic E-state index is 12.8. The van der Waals surface area contributed by atoms with Crippen LogP contribution in [0.4, 0.5) is 11.6 Å². The summed E-state index contributed by atoms with van der Waals surface area (Å²) in [6.07, 6.45) is 2.81. The van der Waals surface area contributed by atoms with Crippen molar-refractivity contribution in [2.45, 2.75) is 45.7 Å². The van der Waals surface area contributed by atoms with E-state index in [0.29, 0.717) is 38.9 Å². The minimum atomic E-state index is -0.431. The van der Waals surface area contributed by atoms with Crippen molar-refractivity contribution in [2.24, 2.45) is 0 Å². The molecule has 0 aromatic carbocycles. The predicted molar refractivity (Wildman–Crippen MR) is 129 cm³/mol. The van der Waals surface area contributed by atoms with Gasteiger partial charge in [0.2, 0.25) is 0 Å². The van der Waals surface area contributed by atoms with E-state index >= 15 is 0 Å². The highest BCUT2D eigenvalue weighted by Crippen LogP contribution is 2.29. The fourth-order valence-corrected chi connectivity index (χ4v) is 4.56. The van der Waals surface area contributed by atoms with E-state index < -0.39 is 6.04 Å². The number of anilines is 2. The molecule has 3 aromatic rings. The molecule has 178 valence electrons. The minimum Gasteiger partial charge on any atom is -0.342 e. The van der Waals surface area contributed by atoms with Crippen LogP contribution in [0.25, 0.3) is 0 Å². The lowest BCUT2D eigenvalue weighted by molar-refractivity contribution is 0.0932. The van der Waals surface area contributed by atoms with Crippen LogP contribution in [0.1, 0.15) is 70.0 Å². The van der Waals surface area contributed by atoms with E-state index in [1.54, 1.807) is 13.0 Å². The molecule has 34 heavy (non-hydrogen) atoms. The number of halogens is 1. The molecule has 1 aliphatic heterocycles. The molecule has 2 amide bonds. The highest BCUT2D eigenvalue weighted by Gasteiger charge is 2.26. The van der Waals surface area contributed by atoms with Crippen LogP contribution in [0.2, 0.25) is 5.15 Å². The molecule has 0 saturated heterocycles. The molecule has 0 fully saturated rings. The van der Waals surface area contributed by atoms with Crippen molar-refractivity contribution in [1.82, 2.24) is 35.5 Å². The number of amides is 2. The van der Waals surface area contributed by atoms with Gasteiger partial charge < -0.3 is 16.1 Å². The Labute approximate surface area is 205 Å². The number of hydrazine groups is 1. The van der Waals surface area contributed by atoms with Crippen molar-refractivity contribution in [3.05, 3.63) is 50.4 Å². The molecular formula is C21H24ClN9O2S. The molecule has 1 unspecified atom stereocenters. The lowest BCUT2D eigenvalue weighted by Crippen LogP contribution is -2.28. The summed E-state index contributed by atoms with van der Waals surface area (Å²) in [4.78, 5) is 38.6. The van der Waals surface area contributed by atoms with Crippen LogP contribution in [0, 0.1) is 0 Å². The molecule has 4 heterocycles. The van der Waals surface area contributed by atoms with Gasteiger partial charge in [0.05, 0.1) is 12.2 Å². The van der Waals surface area contributed by atoms with Gasteiger partial charge in [-0.25, -0.2) is 20.0 Å². The Kier molecular flexibility index (Phi) is 6.47. The van der Waals surface area contributed by atoms with E-state index in [4.69, 9.17) is 11.6 Å². The molecule has 11 nitrogen and oxygen atoms in total. The molecular weight excluding hydrogens is 478 g/mol. The molecule has 1 aliphatic rings. The SMILES string of the molecule is CC(NC(=O)c1ncnc2c1CN(C)N2)c1ncc(C(=O)Nc2cc(C(C)(C)C)c(Cl)nn2)s1.